The summed E-state index contributed by atoms with van der Waals surface area (Å²) in [6.07, 6.45) is 11.4. The van der Waals surface area contributed by atoms with Crippen molar-refractivity contribution >= 4 is 6.29 Å². The van der Waals surface area contributed by atoms with E-state index in [1.807, 2.05) is 13.0 Å². The van der Waals surface area contributed by atoms with Crippen LogP contribution in [0.25, 0.3) is 0 Å². The highest BCUT2D eigenvalue weighted by atomic mass is 16.3. The van der Waals surface area contributed by atoms with E-state index in [4.69, 9.17) is 0 Å². The fraction of sp³-hybridized carbons (Fsp3) is 0.435. The van der Waals surface area contributed by atoms with Crippen LogP contribution in [0.3, 0.4) is 0 Å². The maximum absolute atomic E-state index is 11.1. The highest BCUT2D eigenvalue weighted by Gasteiger charge is 2.19. The molecule has 0 aliphatic heterocycles. The third kappa shape index (κ3) is 6.63. The smallest absolute Gasteiger partial charge is 0.201 e. The summed E-state index contributed by atoms with van der Waals surface area (Å²) in [5, 5.41) is 29.7. The summed E-state index contributed by atoms with van der Waals surface area (Å²) >= 11 is 0. The maximum Gasteiger partial charge on any atom is 0.201 e. The molecule has 1 aromatic carbocycles. The molecule has 0 amide bonds. The molecule has 0 heterocycles. The number of rotatable bonds is 9. The van der Waals surface area contributed by atoms with Gasteiger partial charge in [0.25, 0.3) is 0 Å². The number of phenolic OH excluding ortho intramolecular Hbond substituents is 3. The second-order valence-corrected chi connectivity index (χ2v) is 7.34. The lowest BCUT2D eigenvalue weighted by atomic mass is 9.96. The summed E-state index contributed by atoms with van der Waals surface area (Å²) in [4.78, 5) is 11.1. The number of aromatic hydroxyl groups is 3. The van der Waals surface area contributed by atoms with Crippen molar-refractivity contribution in [3.8, 4) is 17.2 Å². The van der Waals surface area contributed by atoms with E-state index >= 15 is 0 Å². The molecule has 0 aliphatic rings. The third-order valence-electron chi connectivity index (χ3n) is 4.74. The Bertz CT molecular complexity index is 763. The standard InChI is InChI=1S/C23H32O4/c1-15(2)8-6-9-16(3)10-7-11-17(4)12-13-19-18(5)20(14-24)22(26)23(27)21(19)25/h8,10,12,14,25-27H,6-7,9,11,13H2,1-5H3. The maximum atomic E-state index is 11.1. The second-order valence-electron chi connectivity index (χ2n) is 7.34. The van der Waals surface area contributed by atoms with Crippen LogP contribution < -0.4 is 0 Å². The van der Waals surface area contributed by atoms with E-state index in [0.717, 1.165) is 25.7 Å². The molecule has 0 radical (unpaired) electrons. The summed E-state index contributed by atoms with van der Waals surface area (Å²) in [6, 6.07) is 0. The molecule has 0 unspecified atom stereocenters. The molecular formula is C23H32O4. The van der Waals surface area contributed by atoms with Gasteiger partial charge in [-0.15, -0.1) is 0 Å². The molecule has 1 rings (SSSR count). The molecule has 0 bridgehead atoms. The van der Waals surface area contributed by atoms with Crippen molar-refractivity contribution in [1.29, 1.82) is 0 Å². The Morgan fingerprint density at radius 3 is 1.93 bits per heavy atom. The zero-order valence-electron chi connectivity index (χ0n) is 17.1. The molecule has 0 aliphatic carbocycles. The van der Waals surface area contributed by atoms with Gasteiger partial charge in [-0.3, -0.25) is 4.79 Å². The minimum atomic E-state index is -0.640. The highest BCUT2D eigenvalue weighted by Crippen LogP contribution is 2.42. The van der Waals surface area contributed by atoms with Crippen molar-refractivity contribution in [1.82, 2.24) is 0 Å². The first-order valence-electron chi connectivity index (χ1n) is 9.35. The zero-order chi connectivity index (χ0) is 20.6. The van der Waals surface area contributed by atoms with E-state index in [9.17, 15) is 20.1 Å². The first-order chi connectivity index (χ1) is 12.7. The van der Waals surface area contributed by atoms with Gasteiger partial charge >= 0.3 is 0 Å². The summed E-state index contributed by atoms with van der Waals surface area (Å²) in [6.45, 7) is 10.1. The fourth-order valence-electron chi connectivity index (χ4n) is 2.91. The molecular weight excluding hydrogens is 340 g/mol. The Morgan fingerprint density at radius 2 is 1.37 bits per heavy atom. The lowest BCUT2D eigenvalue weighted by Gasteiger charge is -2.13. The molecule has 4 heteroatoms. The zero-order valence-corrected chi connectivity index (χ0v) is 17.1. The van der Waals surface area contributed by atoms with E-state index in [-0.39, 0.29) is 11.3 Å². The summed E-state index contributed by atoms with van der Waals surface area (Å²) in [5.74, 6) is -1.58. The Labute approximate surface area is 162 Å². The van der Waals surface area contributed by atoms with Gasteiger partial charge in [0.05, 0.1) is 5.56 Å². The Hall–Kier alpha value is -2.49. The number of allylic oxidation sites excluding steroid dienone is 6. The van der Waals surface area contributed by atoms with Crippen molar-refractivity contribution in [2.24, 2.45) is 0 Å². The molecule has 27 heavy (non-hydrogen) atoms. The van der Waals surface area contributed by atoms with Crippen LogP contribution in [-0.2, 0) is 6.42 Å². The molecule has 148 valence electrons. The van der Waals surface area contributed by atoms with Gasteiger partial charge in [-0.05, 0) is 72.3 Å². The summed E-state index contributed by atoms with van der Waals surface area (Å²) in [7, 11) is 0. The molecule has 0 aromatic heterocycles. The van der Waals surface area contributed by atoms with Gasteiger partial charge < -0.3 is 15.3 Å². The number of carbonyl (C=O) groups is 1. The SMILES string of the molecule is CC(C)=CCCC(C)=CCCC(C)=CCc1c(C)c(C=O)c(O)c(O)c1O. The second kappa shape index (κ2) is 10.6. The number of aldehydes is 1. The van der Waals surface area contributed by atoms with Crippen LogP contribution in [0.5, 0.6) is 17.2 Å². The topological polar surface area (TPSA) is 77.8 Å². The predicted molar refractivity (Wildman–Crippen MR) is 111 cm³/mol. The van der Waals surface area contributed by atoms with Gasteiger partial charge in [0.15, 0.2) is 17.8 Å². The van der Waals surface area contributed by atoms with Gasteiger partial charge in [0.1, 0.15) is 0 Å². The number of hydrogen-bond acceptors (Lipinski definition) is 4. The monoisotopic (exact) mass is 372 g/mol. The fourth-order valence-corrected chi connectivity index (χ4v) is 2.91. The lowest BCUT2D eigenvalue weighted by molar-refractivity contribution is 0.111. The van der Waals surface area contributed by atoms with Crippen LogP contribution in [0.2, 0.25) is 0 Å². The van der Waals surface area contributed by atoms with Crippen LogP contribution in [0.1, 0.15) is 74.9 Å². The third-order valence-corrected chi connectivity index (χ3v) is 4.74. The van der Waals surface area contributed by atoms with E-state index in [1.165, 1.54) is 16.7 Å². The van der Waals surface area contributed by atoms with Gasteiger partial charge in [0.2, 0.25) is 5.75 Å². The van der Waals surface area contributed by atoms with Crippen molar-refractivity contribution < 1.29 is 20.1 Å². The van der Waals surface area contributed by atoms with Crippen LogP contribution >= 0.6 is 0 Å². The van der Waals surface area contributed by atoms with E-state index in [2.05, 4.69) is 32.9 Å². The number of hydrogen-bond donors (Lipinski definition) is 3. The summed E-state index contributed by atoms with van der Waals surface area (Å²) in [5.41, 5.74) is 4.85. The molecule has 0 saturated heterocycles. The Kier molecular flexibility index (Phi) is 8.86. The van der Waals surface area contributed by atoms with Crippen LogP contribution in [-0.4, -0.2) is 21.6 Å². The molecule has 3 N–H and O–H groups in total. The predicted octanol–water partition coefficient (Wildman–Crippen LogP) is 5.89. The molecule has 0 spiro atoms. The van der Waals surface area contributed by atoms with Gasteiger partial charge in [-0.2, -0.15) is 0 Å². The van der Waals surface area contributed by atoms with E-state index in [0.29, 0.717) is 23.8 Å². The van der Waals surface area contributed by atoms with Crippen molar-refractivity contribution in [2.45, 2.75) is 66.7 Å². The highest BCUT2D eigenvalue weighted by molar-refractivity contribution is 5.85. The van der Waals surface area contributed by atoms with Gasteiger partial charge in [0, 0.05) is 5.56 Å². The molecule has 0 fully saturated rings. The minimum absolute atomic E-state index is 0.0151. The van der Waals surface area contributed by atoms with E-state index in [1.54, 1.807) is 6.92 Å². The Morgan fingerprint density at radius 1 is 0.815 bits per heavy atom. The van der Waals surface area contributed by atoms with Crippen LogP contribution in [0.4, 0.5) is 0 Å². The van der Waals surface area contributed by atoms with Crippen LogP contribution in [0, 0.1) is 6.92 Å². The number of phenols is 3. The molecule has 0 saturated carbocycles. The average molecular weight is 373 g/mol. The molecule has 1 aromatic rings. The van der Waals surface area contributed by atoms with Crippen molar-refractivity contribution in [3.05, 3.63) is 51.6 Å². The minimum Gasteiger partial charge on any atom is -0.504 e. The van der Waals surface area contributed by atoms with Crippen molar-refractivity contribution in [3.63, 3.8) is 0 Å². The number of benzene rings is 1. The Balaban J connectivity index is 2.74. The van der Waals surface area contributed by atoms with Crippen molar-refractivity contribution in [2.75, 3.05) is 0 Å². The average Bonchev–Trinajstić information content (AvgIpc) is 2.60. The largest absolute Gasteiger partial charge is 0.504 e. The first-order valence-corrected chi connectivity index (χ1v) is 9.35. The summed E-state index contributed by atoms with van der Waals surface area (Å²) < 4.78 is 0. The van der Waals surface area contributed by atoms with Gasteiger partial charge in [-0.1, -0.05) is 34.9 Å². The first kappa shape index (κ1) is 22.6. The normalized spacial score (nSPS) is 12.2. The van der Waals surface area contributed by atoms with E-state index < -0.39 is 11.5 Å². The molecule has 4 nitrogen and oxygen atoms in total. The van der Waals surface area contributed by atoms with Crippen LogP contribution in [0.15, 0.2) is 34.9 Å². The lowest BCUT2D eigenvalue weighted by Crippen LogP contribution is -1.97. The quantitative estimate of drug-likeness (QED) is 0.287. The number of carbonyl (C=O) groups excluding carboxylic acids is 1. The molecule has 0 atom stereocenters. The van der Waals surface area contributed by atoms with Gasteiger partial charge in [-0.25, -0.2) is 0 Å².